The Bertz CT molecular complexity index is 413. The normalized spacial score (nSPS) is 13.2. The van der Waals surface area contributed by atoms with Crippen LogP contribution in [0.15, 0.2) is 16.8 Å². The molecule has 1 heterocycles. The van der Waals surface area contributed by atoms with Gasteiger partial charge in [-0.3, -0.25) is 0 Å². The van der Waals surface area contributed by atoms with Gasteiger partial charge < -0.3 is 15.5 Å². The molecule has 0 radical (unpaired) electrons. The summed E-state index contributed by atoms with van der Waals surface area (Å²) in [6, 6.07) is 2.16. The number of hydrogen-bond acceptors (Lipinski definition) is 3. The van der Waals surface area contributed by atoms with Crippen molar-refractivity contribution in [2.24, 2.45) is 0 Å². The lowest BCUT2D eigenvalue weighted by Gasteiger charge is -2.38. The first-order chi connectivity index (χ1) is 9.93. The Balaban J connectivity index is 2.42. The second-order valence-corrected chi connectivity index (χ2v) is 6.67. The average Bonchev–Trinajstić information content (AvgIpc) is 2.92. The summed E-state index contributed by atoms with van der Waals surface area (Å²) in [5.74, 6) is 0. The predicted molar refractivity (Wildman–Crippen MR) is 91.0 cm³/mol. The van der Waals surface area contributed by atoms with Crippen LogP contribution in [0.2, 0.25) is 0 Å². The van der Waals surface area contributed by atoms with Crippen molar-refractivity contribution in [1.82, 2.24) is 15.5 Å². The summed E-state index contributed by atoms with van der Waals surface area (Å²) in [5, 5.41) is 10.2. The van der Waals surface area contributed by atoms with E-state index in [2.05, 4.69) is 60.3 Å². The largest absolute Gasteiger partial charge is 0.336 e. The first-order valence-electron chi connectivity index (χ1n) is 7.66. The van der Waals surface area contributed by atoms with Crippen molar-refractivity contribution in [3.8, 4) is 0 Å². The number of thiophene rings is 1. The van der Waals surface area contributed by atoms with Crippen molar-refractivity contribution in [2.75, 3.05) is 20.6 Å². The van der Waals surface area contributed by atoms with Crippen LogP contribution in [0.25, 0.3) is 0 Å². The van der Waals surface area contributed by atoms with Crippen LogP contribution in [0.1, 0.15) is 39.2 Å². The highest BCUT2D eigenvalue weighted by atomic mass is 32.1. The number of amides is 2. The van der Waals surface area contributed by atoms with Crippen LogP contribution in [-0.2, 0) is 6.42 Å². The zero-order valence-electron chi connectivity index (χ0n) is 13.9. The number of rotatable bonds is 8. The van der Waals surface area contributed by atoms with Crippen molar-refractivity contribution >= 4 is 17.4 Å². The van der Waals surface area contributed by atoms with E-state index in [-0.39, 0.29) is 17.6 Å². The minimum atomic E-state index is -0.0779. The molecule has 0 saturated carbocycles. The molecule has 0 aliphatic rings. The molecule has 120 valence electrons. The molecule has 0 saturated heterocycles. The number of nitrogens with one attached hydrogen (secondary N) is 2. The lowest BCUT2D eigenvalue weighted by atomic mass is 9.91. The van der Waals surface area contributed by atoms with E-state index in [0.29, 0.717) is 6.54 Å². The van der Waals surface area contributed by atoms with Gasteiger partial charge in [0.1, 0.15) is 0 Å². The molecule has 1 aromatic rings. The fraction of sp³-hybridized carbons (Fsp3) is 0.688. The molecule has 21 heavy (non-hydrogen) atoms. The van der Waals surface area contributed by atoms with Crippen LogP contribution < -0.4 is 10.6 Å². The van der Waals surface area contributed by atoms with Gasteiger partial charge in [0.15, 0.2) is 0 Å². The summed E-state index contributed by atoms with van der Waals surface area (Å²) in [4.78, 5) is 14.3. The zero-order valence-corrected chi connectivity index (χ0v) is 14.7. The minimum absolute atomic E-state index is 0.0357. The van der Waals surface area contributed by atoms with Crippen molar-refractivity contribution in [3.05, 3.63) is 22.4 Å². The summed E-state index contributed by atoms with van der Waals surface area (Å²) in [5.41, 5.74) is 1.31. The molecule has 1 rings (SSSR count). The third-order valence-electron chi connectivity index (χ3n) is 4.34. The second kappa shape index (κ2) is 8.39. The van der Waals surface area contributed by atoms with E-state index in [0.717, 1.165) is 19.3 Å². The molecule has 0 aliphatic carbocycles. The van der Waals surface area contributed by atoms with Crippen LogP contribution in [0.5, 0.6) is 0 Å². The average molecular weight is 311 g/mol. The first kappa shape index (κ1) is 18.0. The Morgan fingerprint density at radius 2 is 2.05 bits per heavy atom. The van der Waals surface area contributed by atoms with E-state index in [1.807, 2.05) is 6.92 Å². The quantitative estimate of drug-likeness (QED) is 0.775. The number of likely N-dealkylation sites (N-methyl/N-ethyl adjacent to an activating group) is 1. The Morgan fingerprint density at radius 3 is 2.52 bits per heavy atom. The summed E-state index contributed by atoms with van der Waals surface area (Å²) in [7, 11) is 4.15. The third-order valence-corrected chi connectivity index (χ3v) is 5.07. The second-order valence-electron chi connectivity index (χ2n) is 5.89. The Morgan fingerprint density at radius 1 is 1.38 bits per heavy atom. The van der Waals surface area contributed by atoms with E-state index < -0.39 is 0 Å². The molecule has 2 N–H and O–H groups in total. The summed E-state index contributed by atoms with van der Waals surface area (Å²) >= 11 is 1.69. The number of urea groups is 1. The maximum atomic E-state index is 12.0. The van der Waals surface area contributed by atoms with Crippen molar-refractivity contribution in [3.63, 3.8) is 0 Å². The first-order valence-corrected chi connectivity index (χ1v) is 8.60. The monoisotopic (exact) mass is 311 g/mol. The molecule has 1 atom stereocenters. The van der Waals surface area contributed by atoms with Gasteiger partial charge in [0.2, 0.25) is 0 Å². The Kier molecular flexibility index (Phi) is 7.18. The topological polar surface area (TPSA) is 44.4 Å². The van der Waals surface area contributed by atoms with Gasteiger partial charge in [0.25, 0.3) is 0 Å². The fourth-order valence-corrected chi connectivity index (χ4v) is 3.31. The van der Waals surface area contributed by atoms with Gasteiger partial charge in [-0.2, -0.15) is 11.3 Å². The number of carbonyl (C=O) groups is 1. The lowest BCUT2D eigenvalue weighted by molar-refractivity contribution is 0.137. The van der Waals surface area contributed by atoms with Gasteiger partial charge in [0, 0.05) is 18.1 Å². The van der Waals surface area contributed by atoms with E-state index in [1.54, 1.807) is 11.3 Å². The van der Waals surface area contributed by atoms with Crippen molar-refractivity contribution in [1.29, 1.82) is 0 Å². The Labute approximate surface area is 132 Å². The highest BCUT2D eigenvalue weighted by Crippen LogP contribution is 2.20. The molecule has 0 aliphatic heterocycles. The molecule has 0 fully saturated rings. The van der Waals surface area contributed by atoms with Gasteiger partial charge >= 0.3 is 6.03 Å². The summed E-state index contributed by atoms with van der Waals surface area (Å²) in [6.07, 6.45) is 2.90. The molecule has 4 nitrogen and oxygen atoms in total. The third kappa shape index (κ3) is 5.32. The highest BCUT2D eigenvalue weighted by molar-refractivity contribution is 7.07. The van der Waals surface area contributed by atoms with Gasteiger partial charge in [0.05, 0.1) is 0 Å². The molecule has 1 aromatic heterocycles. The zero-order chi connectivity index (χ0) is 15.9. The number of nitrogens with zero attached hydrogens (tertiary/aromatic N) is 1. The summed E-state index contributed by atoms with van der Waals surface area (Å²) < 4.78 is 0. The van der Waals surface area contributed by atoms with Gasteiger partial charge in [-0.05, 0) is 62.7 Å². The van der Waals surface area contributed by atoms with E-state index in [9.17, 15) is 4.79 Å². The van der Waals surface area contributed by atoms with Crippen molar-refractivity contribution < 1.29 is 4.79 Å². The molecular formula is C16H29N3OS. The smallest absolute Gasteiger partial charge is 0.315 e. The molecule has 0 unspecified atom stereocenters. The van der Waals surface area contributed by atoms with Crippen LogP contribution in [0.3, 0.4) is 0 Å². The highest BCUT2D eigenvalue weighted by Gasteiger charge is 2.29. The van der Waals surface area contributed by atoms with Crippen LogP contribution >= 0.6 is 11.3 Å². The lowest BCUT2D eigenvalue weighted by Crippen LogP contribution is -2.54. The molecule has 2 amide bonds. The van der Waals surface area contributed by atoms with Gasteiger partial charge in [-0.15, -0.1) is 0 Å². The maximum Gasteiger partial charge on any atom is 0.315 e. The van der Waals surface area contributed by atoms with Gasteiger partial charge in [-0.1, -0.05) is 13.8 Å². The standard InChI is InChI=1S/C16H29N3OS/c1-6-16(7-2,19(4)5)12-17-15(20)18-13(3)10-14-8-9-21-11-14/h8-9,11,13H,6-7,10,12H2,1-5H3,(H2,17,18,20)/t13-/m1/s1. The summed E-state index contributed by atoms with van der Waals surface area (Å²) in [6.45, 7) is 7.05. The molecule has 0 bridgehead atoms. The van der Waals surface area contributed by atoms with Crippen LogP contribution in [-0.4, -0.2) is 43.2 Å². The van der Waals surface area contributed by atoms with Crippen LogP contribution in [0.4, 0.5) is 4.79 Å². The van der Waals surface area contributed by atoms with Crippen molar-refractivity contribution in [2.45, 2.75) is 51.6 Å². The number of hydrogen-bond donors (Lipinski definition) is 2. The number of carbonyl (C=O) groups excluding carboxylic acids is 1. The predicted octanol–water partition coefficient (Wildman–Crippen LogP) is 3.10. The fourth-order valence-electron chi connectivity index (χ4n) is 2.62. The van der Waals surface area contributed by atoms with E-state index in [1.165, 1.54) is 5.56 Å². The Hall–Kier alpha value is -1.07. The SMILES string of the molecule is CCC(CC)(CNC(=O)N[C@H](C)Cc1ccsc1)N(C)C. The molecular weight excluding hydrogens is 282 g/mol. The minimum Gasteiger partial charge on any atom is -0.336 e. The van der Waals surface area contributed by atoms with E-state index in [4.69, 9.17) is 0 Å². The van der Waals surface area contributed by atoms with E-state index >= 15 is 0 Å². The molecule has 0 aromatic carbocycles. The molecule has 5 heteroatoms. The maximum absolute atomic E-state index is 12.0. The van der Waals surface area contributed by atoms with Crippen LogP contribution in [0, 0.1) is 0 Å². The molecule has 0 spiro atoms. The van der Waals surface area contributed by atoms with Gasteiger partial charge in [-0.25, -0.2) is 4.79 Å².